The molecular formula is C18H18FN3O2. The van der Waals surface area contributed by atoms with Crippen molar-refractivity contribution in [2.24, 2.45) is 5.73 Å². The molecule has 2 aromatic carbocycles. The Morgan fingerprint density at radius 2 is 2.00 bits per heavy atom. The van der Waals surface area contributed by atoms with Crippen LogP contribution in [0.25, 0.3) is 11.1 Å². The summed E-state index contributed by atoms with van der Waals surface area (Å²) in [6, 6.07) is 8.36. The first kappa shape index (κ1) is 16.1. The zero-order chi connectivity index (χ0) is 17.6. The predicted octanol–water partition coefficient (Wildman–Crippen LogP) is 2.40. The third kappa shape index (κ3) is 2.35. The summed E-state index contributed by atoms with van der Waals surface area (Å²) >= 11 is 0. The number of fused-ring (bicyclic) bond motifs is 3. The maximum atomic E-state index is 13.7. The molecule has 0 radical (unpaired) electrons. The number of nitrogens with zero attached hydrogens (tertiary/aromatic N) is 1. The summed E-state index contributed by atoms with van der Waals surface area (Å²) in [6.45, 7) is 3.16. The van der Waals surface area contributed by atoms with Gasteiger partial charge in [0.05, 0.1) is 17.6 Å². The molecule has 124 valence electrons. The van der Waals surface area contributed by atoms with Crippen molar-refractivity contribution in [2.75, 3.05) is 10.6 Å². The Hall–Kier alpha value is -2.73. The van der Waals surface area contributed by atoms with Crippen LogP contribution in [0.3, 0.4) is 0 Å². The summed E-state index contributed by atoms with van der Waals surface area (Å²) in [6.07, 6.45) is 0. The number of anilines is 2. The zero-order valence-electron chi connectivity index (χ0n) is 13.4. The van der Waals surface area contributed by atoms with Crippen molar-refractivity contribution in [2.45, 2.75) is 25.8 Å². The Morgan fingerprint density at radius 3 is 2.67 bits per heavy atom. The molecule has 1 heterocycles. The van der Waals surface area contributed by atoms with Crippen molar-refractivity contribution in [1.82, 2.24) is 0 Å². The van der Waals surface area contributed by atoms with Crippen LogP contribution in [0, 0.1) is 5.82 Å². The fourth-order valence-electron chi connectivity index (χ4n) is 3.03. The quantitative estimate of drug-likeness (QED) is 0.787. The maximum Gasteiger partial charge on any atom is 0.250 e. The number of carbonyl (C=O) groups excluding carboxylic acids is 2. The van der Waals surface area contributed by atoms with Crippen LogP contribution in [0.15, 0.2) is 36.4 Å². The Morgan fingerprint density at radius 1 is 1.29 bits per heavy atom. The van der Waals surface area contributed by atoms with E-state index in [1.165, 1.54) is 19.1 Å². The van der Waals surface area contributed by atoms with E-state index in [-0.39, 0.29) is 0 Å². The lowest BCUT2D eigenvalue weighted by molar-refractivity contribution is -0.127. The topological polar surface area (TPSA) is 89.4 Å². The number of amides is 2. The number of hydrogen-bond donors (Lipinski definition) is 2. The second kappa shape index (κ2) is 5.72. The first-order valence-corrected chi connectivity index (χ1v) is 7.64. The van der Waals surface area contributed by atoms with E-state index in [2.05, 4.69) is 0 Å². The van der Waals surface area contributed by atoms with Crippen molar-refractivity contribution in [3.05, 3.63) is 47.8 Å². The molecule has 0 aromatic heterocycles. The fraction of sp³-hybridized carbons (Fsp3) is 0.222. The van der Waals surface area contributed by atoms with Crippen LogP contribution in [-0.2, 0) is 9.59 Å². The van der Waals surface area contributed by atoms with Gasteiger partial charge in [0.15, 0.2) is 0 Å². The van der Waals surface area contributed by atoms with Crippen LogP contribution in [0.1, 0.15) is 25.3 Å². The van der Waals surface area contributed by atoms with Crippen LogP contribution in [0.2, 0.25) is 0 Å². The van der Waals surface area contributed by atoms with E-state index in [4.69, 9.17) is 11.5 Å². The van der Waals surface area contributed by atoms with Gasteiger partial charge >= 0.3 is 0 Å². The Kier molecular flexibility index (Phi) is 3.85. The highest BCUT2D eigenvalue weighted by molar-refractivity contribution is 6.22. The summed E-state index contributed by atoms with van der Waals surface area (Å²) in [4.78, 5) is 26.6. The van der Waals surface area contributed by atoms with Crippen LogP contribution in [0.5, 0.6) is 0 Å². The average Bonchev–Trinajstić information content (AvgIpc) is 2.62. The molecule has 0 fully saturated rings. The Balaban J connectivity index is 2.37. The smallest absolute Gasteiger partial charge is 0.250 e. The second-order valence-electron chi connectivity index (χ2n) is 6.00. The highest BCUT2D eigenvalue weighted by atomic mass is 19.1. The molecule has 0 saturated heterocycles. The van der Waals surface area contributed by atoms with Crippen LogP contribution < -0.4 is 16.4 Å². The van der Waals surface area contributed by atoms with Gasteiger partial charge in [-0.2, -0.15) is 0 Å². The van der Waals surface area contributed by atoms with Crippen molar-refractivity contribution in [3.8, 4) is 11.1 Å². The Bertz CT molecular complexity index is 848. The molecule has 0 aliphatic carbocycles. The van der Waals surface area contributed by atoms with Crippen molar-refractivity contribution < 1.29 is 14.0 Å². The number of benzene rings is 2. The molecule has 2 atom stereocenters. The molecule has 6 heteroatoms. The normalized spacial score (nSPS) is 17.8. The standard InChI is InChI=1S/C18H18FN3O2/c1-9-13-8-11(19)6-7-12(13)16-14(21)4-3-5-15(16)22(17(9)23)18(24)10(2)20/h3-10H,20-21H2,1-2H3/t9?,10-/m0/s1. The highest BCUT2D eigenvalue weighted by Crippen LogP contribution is 2.44. The molecule has 3 rings (SSSR count). The number of imide groups is 1. The lowest BCUT2D eigenvalue weighted by atomic mass is 9.91. The fourth-order valence-corrected chi connectivity index (χ4v) is 3.03. The second-order valence-corrected chi connectivity index (χ2v) is 6.00. The number of rotatable bonds is 1. The molecule has 0 spiro atoms. The number of carbonyl (C=O) groups is 2. The molecule has 2 aromatic rings. The van der Waals surface area contributed by atoms with Gasteiger partial charge < -0.3 is 11.5 Å². The summed E-state index contributed by atoms with van der Waals surface area (Å²) in [5.74, 6) is -2.12. The largest absolute Gasteiger partial charge is 0.398 e. The number of nitrogen functional groups attached to an aromatic ring is 1. The van der Waals surface area contributed by atoms with E-state index in [0.717, 1.165) is 4.90 Å². The maximum absolute atomic E-state index is 13.7. The minimum Gasteiger partial charge on any atom is -0.398 e. The van der Waals surface area contributed by atoms with Crippen LogP contribution >= 0.6 is 0 Å². The van der Waals surface area contributed by atoms with E-state index in [1.807, 2.05) is 0 Å². The van der Waals surface area contributed by atoms with Gasteiger partial charge in [-0.05, 0) is 49.2 Å². The predicted molar refractivity (Wildman–Crippen MR) is 90.8 cm³/mol. The highest BCUT2D eigenvalue weighted by Gasteiger charge is 2.36. The first-order valence-electron chi connectivity index (χ1n) is 7.64. The number of hydrogen-bond acceptors (Lipinski definition) is 4. The van der Waals surface area contributed by atoms with Gasteiger partial charge in [0.1, 0.15) is 5.82 Å². The third-order valence-corrected chi connectivity index (χ3v) is 4.27. The first-order chi connectivity index (χ1) is 11.3. The third-order valence-electron chi connectivity index (χ3n) is 4.27. The number of nitrogens with two attached hydrogens (primary N) is 2. The van der Waals surface area contributed by atoms with Gasteiger partial charge in [0.25, 0.3) is 0 Å². The van der Waals surface area contributed by atoms with Crippen LogP contribution in [-0.4, -0.2) is 17.9 Å². The molecule has 1 aliphatic heterocycles. The van der Waals surface area contributed by atoms with Crippen molar-refractivity contribution >= 4 is 23.2 Å². The molecule has 1 unspecified atom stereocenters. The van der Waals surface area contributed by atoms with Gasteiger partial charge in [0, 0.05) is 11.3 Å². The molecule has 0 bridgehead atoms. The van der Waals surface area contributed by atoms with E-state index in [0.29, 0.717) is 28.1 Å². The lowest BCUT2D eigenvalue weighted by Gasteiger charge is -2.25. The van der Waals surface area contributed by atoms with E-state index in [9.17, 15) is 14.0 Å². The minimum absolute atomic E-state index is 0.375. The molecule has 4 N–H and O–H groups in total. The Labute approximate surface area is 139 Å². The molecule has 5 nitrogen and oxygen atoms in total. The van der Waals surface area contributed by atoms with E-state index in [1.54, 1.807) is 31.2 Å². The lowest BCUT2D eigenvalue weighted by Crippen LogP contribution is -2.47. The molecule has 1 aliphatic rings. The summed E-state index contributed by atoms with van der Waals surface area (Å²) in [7, 11) is 0. The summed E-state index contributed by atoms with van der Waals surface area (Å²) in [5.41, 5.74) is 14.3. The summed E-state index contributed by atoms with van der Waals surface area (Å²) < 4.78 is 13.7. The van der Waals surface area contributed by atoms with Crippen molar-refractivity contribution in [3.63, 3.8) is 0 Å². The molecule has 0 saturated carbocycles. The van der Waals surface area contributed by atoms with Gasteiger partial charge in [-0.1, -0.05) is 12.1 Å². The van der Waals surface area contributed by atoms with Crippen molar-refractivity contribution in [1.29, 1.82) is 0 Å². The number of halogens is 1. The zero-order valence-corrected chi connectivity index (χ0v) is 13.4. The molecule has 24 heavy (non-hydrogen) atoms. The monoisotopic (exact) mass is 327 g/mol. The van der Waals surface area contributed by atoms with Gasteiger partial charge in [-0.3, -0.25) is 9.59 Å². The van der Waals surface area contributed by atoms with Gasteiger partial charge in [-0.15, -0.1) is 0 Å². The minimum atomic E-state index is -0.853. The summed E-state index contributed by atoms with van der Waals surface area (Å²) in [5, 5.41) is 0. The van der Waals surface area contributed by atoms with Gasteiger partial charge in [0.2, 0.25) is 11.8 Å². The van der Waals surface area contributed by atoms with E-state index < -0.39 is 29.6 Å². The SMILES string of the molecule is CC1C(=O)N(C(=O)[C@H](C)N)c2cccc(N)c2-c2ccc(F)cc21. The molecular weight excluding hydrogens is 309 g/mol. The molecule has 2 amide bonds. The van der Waals surface area contributed by atoms with Crippen LogP contribution in [0.4, 0.5) is 15.8 Å². The average molecular weight is 327 g/mol. The van der Waals surface area contributed by atoms with E-state index >= 15 is 0 Å². The van der Waals surface area contributed by atoms with Gasteiger partial charge in [-0.25, -0.2) is 9.29 Å².